The number of nitrogens with zero attached hydrogens (tertiary/aromatic N) is 2. The number of hydrogen-bond donors (Lipinski definition) is 0. The number of rotatable bonds is 65. The molecule has 0 unspecified atom stereocenters. The van der Waals surface area contributed by atoms with Crippen LogP contribution in [-0.4, -0.2) is 67.8 Å². The van der Waals surface area contributed by atoms with E-state index in [9.17, 15) is 9.59 Å². The van der Waals surface area contributed by atoms with Crippen molar-refractivity contribution in [2.45, 2.75) is 374 Å². The van der Waals surface area contributed by atoms with E-state index in [0.717, 1.165) is 83.6 Å². The molecule has 0 spiro atoms. The molecule has 0 aliphatic heterocycles. The molecule has 7 heteroatoms. The summed E-state index contributed by atoms with van der Waals surface area (Å²) in [6.07, 6.45) is 101. The zero-order valence-electron chi connectivity index (χ0n) is 59.5. The van der Waals surface area contributed by atoms with Gasteiger partial charge in [0.15, 0.2) is 0 Å². The predicted octanol–water partition coefficient (Wildman–Crippen LogP) is 27.5. The summed E-state index contributed by atoms with van der Waals surface area (Å²) < 4.78 is 11.4. The second-order valence-electron chi connectivity index (χ2n) is 25.7. The van der Waals surface area contributed by atoms with Crippen LogP contribution in [0.25, 0.3) is 0 Å². The fourth-order valence-electron chi connectivity index (χ4n) is 10.8. The van der Waals surface area contributed by atoms with Crippen molar-refractivity contribution >= 4 is 23.1 Å². The fourth-order valence-corrected chi connectivity index (χ4v) is 10.9. The molecular formula is C81H147ClN2O4. The first-order valence-electron chi connectivity index (χ1n) is 37.8. The molecule has 0 atom stereocenters. The topological polar surface area (TPSA) is 59.1 Å². The van der Waals surface area contributed by atoms with Crippen molar-refractivity contribution in [1.82, 2.24) is 9.80 Å². The molecule has 0 aromatic heterocycles. The molecule has 512 valence electrons. The van der Waals surface area contributed by atoms with Gasteiger partial charge in [-0.05, 0) is 194 Å². The van der Waals surface area contributed by atoms with Gasteiger partial charge < -0.3 is 19.3 Å². The molecule has 0 aliphatic rings. The summed E-state index contributed by atoms with van der Waals surface area (Å²) in [7, 11) is 5.95. The summed E-state index contributed by atoms with van der Waals surface area (Å²) in [6, 6.07) is 0. The van der Waals surface area contributed by atoms with Crippen LogP contribution in [0.5, 0.6) is 0 Å². The number of carbonyl (C=O) groups excluding carboxylic acids is 2. The summed E-state index contributed by atoms with van der Waals surface area (Å²) in [5.41, 5.74) is -0.643. The normalized spacial score (nSPS) is 12.3. The number of likely N-dealkylation sites (N-methyl/N-ethyl adjacent to an activating group) is 2. The van der Waals surface area contributed by atoms with Crippen molar-refractivity contribution in [2.75, 3.05) is 34.2 Å². The Hall–Kier alpha value is -3.09. The largest absolute Gasteiger partial charge is 0.450 e. The lowest BCUT2D eigenvalue weighted by Gasteiger charge is -2.24. The van der Waals surface area contributed by atoms with Gasteiger partial charge in [-0.15, -0.1) is 0 Å². The smallest absolute Gasteiger partial charge is 0.409 e. The number of carbonyl (C=O) groups is 2. The highest BCUT2D eigenvalue weighted by molar-refractivity contribution is 6.61. The number of allylic oxidation sites excluding steroid dienone is 16. The average molecular weight is 1250 g/mol. The molecule has 1 amide bonds. The second-order valence-corrected chi connectivity index (χ2v) is 26.0. The van der Waals surface area contributed by atoms with Crippen LogP contribution in [0.2, 0.25) is 0 Å². The molecule has 0 saturated heterocycles. The van der Waals surface area contributed by atoms with Gasteiger partial charge in [0.2, 0.25) is 0 Å². The zero-order valence-corrected chi connectivity index (χ0v) is 60.2. The van der Waals surface area contributed by atoms with Crippen molar-refractivity contribution in [3.63, 3.8) is 0 Å². The highest BCUT2D eigenvalue weighted by Crippen LogP contribution is 2.21. The number of hydrogen-bond acceptors (Lipinski definition) is 5. The molecule has 0 fully saturated rings. The molecule has 0 aromatic rings. The van der Waals surface area contributed by atoms with Crippen molar-refractivity contribution in [3.8, 4) is 0 Å². The van der Waals surface area contributed by atoms with E-state index in [2.05, 4.69) is 130 Å². The lowest BCUT2D eigenvalue weighted by molar-refractivity contribution is 0.0571. The molecule has 0 saturated carbocycles. The summed E-state index contributed by atoms with van der Waals surface area (Å²) in [5, 5.41) is 0. The highest BCUT2D eigenvalue weighted by Gasteiger charge is 2.18. The monoisotopic (exact) mass is 1250 g/mol. The minimum atomic E-state index is -0.643. The lowest BCUT2D eigenvalue weighted by Crippen LogP contribution is -2.36. The first kappa shape index (κ1) is 87.0. The molecule has 6 nitrogen and oxygen atoms in total. The fraction of sp³-hybridized carbons (Fsp3) is 0.778. The van der Waals surface area contributed by atoms with E-state index in [1.54, 1.807) is 4.90 Å². The van der Waals surface area contributed by atoms with Gasteiger partial charge in [0.25, 0.3) is 0 Å². The third-order valence-corrected chi connectivity index (χ3v) is 16.7. The Labute approximate surface area is 554 Å². The SMILES string of the molecule is CCCCC/C=C\C/C=C\CCCCCCCCC(CCCCCCCC/C=C\C/C=C\CCCCC)OC(=O)Cl.CCCCC/C=C\C/C=C\CCCCCCCCC(CCCCCCCC/C=C\C/C=C\CCCCC)OC(=O)N(C)CCN(C)C. The van der Waals surface area contributed by atoms with Gasteiger partial charge >= 0.3 is 11.5 Å². The van der Waals surface area contributed by atoms with Crippen molar-refractivity contribution in [2.24, 2.45) is 0 Å². The standard InChI is InChI=1S/C43H80N2O2.C38H67ClO2/c1-6-8-10-12-14-16-18-20-22-24-26-28-30-32-34-36-38-42(47-43(46)45(5)41-40-44(3)4)39-37-35-33-31-29-27-25-23-21-19-17-15-13-11-9-7-2;1-3-5-7-9-11-13-15-17-19-21-23-25-27-29-31-33-35-37(41-38(39)40)36-34-32-30-28-26-24-22-20-18-16-14-12-10-8-6-4-2/h14-17,20-23,42H,6-13,18-19,24-41H2,1-5H3;11-14,17-20,37H,3-10,15-16,21-36H2,1-2H3/b16-14-,17-15-,22-20-,23-21-;13-11-,14-12-,19-17-,20-18-. The van der Waals surface area contributed by atoms with Gasteiger partial charge in [0, 0.05) is 31.7 Å². The quantitative estimate of drug-likeness (QED) is 0.0345. The highest BCUT2D eigenvalue weighted by atomic mass is 35.5. The van der Waals surface area contributed by atoms with Crippen LogP contribution in [0, 0.1) is 0 Å². The molecule has 0 bridgehead atoms. The van der Waals surface area contributed by atoms with Crippen LogP contribution in [0.15, 0.2) is 97.2 Å². The van der Waals surface area contributed by atoms with Gasteiger partial charge in [0.05, 0.1) is 0 Å². The van der Waals surface area contributed by atoms with Gasteiger partial charge in [0.1, 0.15) is 12.2 Å². The third-order valence-electron chi connectivity index (χ3n) is 16.6. The van der Waals surface area contributed by atoms with Gasteiger partial charge in [-0.1, -0.05) is 279 Å². The Morgan fingerprint density at radius 1 is 0.295 bits per heavy atom. The maximum Gasteiger partial charge on any atom is 0.409 e. The minimum absolute atomic E-state index is 0.00309. The van der Waals surface area contributed by atoms with Crippen LogP contribution >= 0.6 is 11.6 Å². The maximum atomic E-state index is 12.8. The molecule has 0 N–H and O–H groups in total. The first-order chi connectivity index (χ1) is 43.2. The Morgan fingerprint density at radius 2 is 0.511 bits per heavy atom. The zero-order chi connectivity index (χ0) is 64.4. The molecular weight excluding hydrogens is 1100 g/mol. The minimum Gasteiger partial charge on any atom is -0.450 e. The Morgan fingerprint density at radius 3 is 0.739 bits per heavy atom. The van der Waals surface area contributed by atoms with Crippen LogP contribution in [-0.2, 0) is 9.47 Å². The molecule has 0 rings (SSSR count). The summed E-state index contributed by atoms with van der Waals surface area (Å²) in [4.78, 5) is 27.9. The van der Waals surface area contributed by atoms with Crippen LogP contribution < -0.4 is 0 Å². The van der Waals surface area contributed by atoms with Crippen LogP contribution in [0.4, 0.5) is 9.59 Å². The Balaban J connectivity index is 0. The van der Waals surface area contributed by atoms with E-state index < -0.39 is 5.43 Å². The predicted molar refractivity (Wildman–Crippen MR) is 393 cm³/mol. The summed E-state index contributed by atoms with van der Waals surface area (Å²) >= 11 is 5.55. The summed E-state index contributed by atoms with van der Waals surface area (Å²) in [6.45, 7) is 10.6. The third kappa shape index (κ3) is 75.4. The maximum absolute atomic E-state index is 12.8. The van der Waals surface area contributed by atoms with Crippen molar-refractivity contribution in [1.29, 1.82) is 0 Å². The van der Waals surface area contributed by atoms with E-state index in [4.69, 9.17) is 21.1 Å². The number of unbranched alkanes of at least 4 members (excludes halogenated alkanes) is 36. The van der Waals surface area contributed by atoms with Crippen LogP contribution in [0.1, 0.15) is 362 Å². The molecule has 0 radical (unpaired) electrons. The van der Waals surface area contributed by atoms with Gasteiger partial charge in [-0.3, -0.25) is 0 Å². The number of amides is 1. The van der Waals surface area contributed by atoms with Gasteiger partial charge in [-0.2, -0.15) is 0 Å². The Kier molecular flexibility index (Phi) is 75.5. The van der Waals surface area contributed by atoms with Crippen LogP contribution in [0.3, 0.4) is 0 Å². The second kappa shape index (κ2) is 76.4. The van der Waals surface area contributed by atoms with E-state index in [1.807, 2.05) is 21.1 Å². The molecule has 0 heterocycles. The van der Waals surface area contributed by atoms with E-state index >= 15 is 0 Å². The lowest BCUT2D eigenvalue weighted by atomic mass is 10.0. The first-order valence-corrected chi connectivity index (χ1v) is 38.2. The number of halogens is 1. The average Bonchev–Trinajstić information content (AvgIpc) is 3.58. The van der Waals surface area contributed by atoms with Gasteiger partial charge in [-0.25, -0.2) is 9.59 Å². The van der Waals surface area contributed by atoms with E-state index in [1.165, 1.54) is 257 Å². The molecule has 0 aromatic carbocycles. The Bertz CT molecular complexity index is 1560. The van der Waals surface area contributed by atoms with E-state index in [0.29, 0.717) is 6.54 Å². The summed E-state index contributed by atoms with van der Waals surface area (Å²) in [5.74, 6) is 0. The number of ether oxygens (including phenoxy) is 2. The van der Waals surface area contributed by atoms with E-state index in [-0.39, 0.29) is 18.3 Å². The van der Waals surface area contributed by atoms with Crippen molar-refractivity contribution < 1.29 is 19.1 Å². The van der Waals surface area contributed by atoms with Crippen molar-refractivity contribution in [3.05, 3.63) is 97.2 Å². The molecule has 0 aliphatic carbocycles. The molecule has 88 heavy (non-hydrogen) atoms.